The highest BCUT2D eigenvalue weighted by Gasteiger charge is 2.37. The van der Waals surface area contributed by atoms with Gasteiger partial charge in [-0.3, -0.25) is 0 Å². The summed E-state index contributed by atoms with van der Waals surface area (Å²) in [6, 6.07) is 0.317. The molecule has 2 unspecified atom stereocenters. The van der Waals surface area contributed by atoms with Crippen LogP contribution in [0.5, 0.6) is 0 Å². The quantitative estimate of drug-likeness (QED) is 0.750. The fourth-order valence-electron chi connectivity index (χ4n) is 2.72. The van der Waals surface area contributed by atoms with Gasteiger partial charge in [-0.25, -0.2) is 9.67 Å². The molecule has 0 aromatic carbocycles. The molecule has 1 N–H and O–H groups in total. The van der Waals surface area contributed by atoms with Gasteiger partial charge in [0, 0.05) is 25.6 Å². The van der Waals surface area contributed by atoms with Crippen LogP contribution in [0.2, 0.25) is 0 Å². The van der Waals surface area contributed by atoms with Gasteiger partial charge >= 0.3 is 0 Å². The fourth-order valence-corrected chi connectivity index (χ4v) is 2.72. The van der Waals surface area contributed by atoms with Crippen LogP contribution < -0.4 is 5.32 Å². The number of hydrogen-bond acceptors (Lipinski definition) is 4. The molecule has 0 radical (unpaired) electrons. The normalized spacial score (nSPS) is 18.4. The molecule has 1 fully saturated rings. The van der Waals surface area contributed by atoms with E-state index in [2.05, 4.69) is 36.2 Å². The van der Waals surface area contributed by atoms with Crippen molar-refractivity contribution in [3.05, 3.63) is 12.2 Å². The Labute approximate surface area is 122 Å². The average Bonchev–Trinajstić information content (AvgIpc) is 3.16. The lowest BCUT2D eigenvalue weighted by Gasteiger charge is -2.26. The molecule has 0 aliphatic heterocycles. The third-order valence-electron chi connectivity index (χ3n) is 3.85. The van der Waals surface area contributed by atoms with Crippen LogP contribution in [0.25, 0.3) is 0 Å². The summed E-state index contributed by atoms with van der Waals surface area (Å²) in [5.74, 6) is 2.35. The lowest BCUT2D eigenvalue weighted by Crippen LogP contribution is -2.43. The number of aromatic nitrogens is 3. The van der Waals surface area contributed by atoms with Gasteiger partial charge in [0.05, 0.1) is 6.10 Å². The SMILES string of the molecule is CCOC(C1CC1)C(Cc1ncnn1CC(C)C)NC. The van der Waals surface area contributed by atoms with Gasteiger partial charge in [-0.15, -0.1) is 0 Å². The van der Waals surface area contributed by atoms with Crippen LogP contribution in [0.4, 0.5) is 0 Å². The molecule has 1 aliphatic carbocycles. The number of likely N-dealkylation sites (N-methyl/N-ethyl adjacent to an activating group) is 1. The maximum Gasteiger partial charge on any atom is 0.138 e. The van der Waals surface area contributed by atoms with Gasteiger partial charge in [0.25, 0.3) is 0 Å². The van der Waals surface area contributed by atoms with Crippen LogP contribution in [0.3, 0.4) is 0 Å². The molecule has 20 heavy (non-hydrogen) atoms. The minimum atomic E-state index is 0.300. The topological polar surface area (TPSA) is 52.0 Å². The Balaban J connectivity index is 2.03. The first kappa shape index (κ1) is 15.4. The summed E-state index contributed by atoms with van der Waals surface area (Å²) >= 11 is 0. The predicted molar refractivity (Wildman–Crippen MR) is 79.5 cm³/mol. The van der Waals surface area contributed by atoms with Crippen molar-refractivity contribution in [2.45, 2.75) is 58.7 Å². The standard InChI is InChI=1S/C15H28N4O/c1-5-20-15(12-6-7-12)13(16-4)8-14-17-10-18-19(14)9-11(2)3/h10-13,15-16H,5-9H2,1-4H3. The number of ether oxygens (including phenoxy) is 1. The van der Waals surface area contributed by atoms with E-state index in [1.54, 1.807) is 6.33 Å². The smallest absolute Gasteiger partial charge is 0.138 e. The molecule has 5 nitrogen and oxygen atoms in total. The van der Waals surface area contributed by atoms with Crippen molar-refractivity contribution in [3.63, 3.8) is 0 Å². The van der Waals surface area contributed by atoms with E-state index in [4.69, 9.17) is 4.74 Å². The molecule has 2 rings (SSSR count). The largest absolute Gasteiger partial charge is 0.377 e. The third-order valence-corrected chi connectivity index (χ3v) is 3.85. The molecule has 2 atom stereocenters. The molecule has 1 heterocycles. The third kappa shape index (κ3) is 4.03. The highest BCUT2D eigenvalue weighted by Crippen LogP contribution is 2.36. The van der Waals surface area contributed by atoms with Gasteiger partial charge in [0.15, 0.2) is 0 Å². The Bertz CT molecular complexity index is 400. The second kappa shape index (κ2) is 7.18. The predicted octanol–water partition coefficient (Wildman–Crippen LogP) is 1.88. The lowest BCUT2D eigenvalue weighted by atomic mass is 10.0. The minimum absolute atomic E-state index is 0.300. The van der Waals surface area contributed by atoms with E-state index in [0.29, 0.717) is 24.0 Å². The van der Waals surface area contributed by atoms with Gasteiger partial charge in [-0.05, 0) is 38.6 Å². The first-order valence-electron chi connectivity index (χ1n) is 7.81. The van der Waals surface area contributed by atoms with E-state index in [0.717, 1.165) is 25.4 Å². The fraction of sp³-hybridized carbons (Fsp3) is 0.867. The van der Waals surface area contributed by atoms with Crippen molar-refractivity contribution in [2.75, 3.05) is 13.7 Å². The summed E-state index contributed by atoms with van der Waals surface area (Å²) in [7, 11) is 2.02. The van der Waals surface area contributed by atoms with Crippen LogP contribution in [-0.2, 0) is 17.7 Å². The Morgan fingerprint density at radius 3 is 2.75 bits per heavy atom. The van der Waals surface area contributed by atoms with Crippen molar-refractivity contribution in [3.8, 4) is 0 Å². The van der Waals surface area contributed by atoms with E-state index < -0.39 is 0 Å². The second-order valence-electron chi connectivity index (χ2n) is 6.11. The van der Waals surface area contributed by atoms with E-state index in [-0.39, 0.29) is 0 Å². The van der Waals surface area contributed by atoms with Crippen molar-refractivity contribution in [1.82, 2.24) is 20.1 Å². The van der Waals surface area contributed by atoms with Crippen LogP contribution in [0, 0.1) is 11.8 Å². The zero-order valence-electron chi connectivity index (χ0n) is 13.2. The highest BCUT2D eigenvalue weighted by molar-refractivity contribution is 4.97. The zero-order valence-corrected chi connectivity index (χ0v) is 13.2. The summed E-state index contributed by atoms with van der Waals surface area (Å²) in [4.78, 5) is 4.44. The van der Waals surface area contributed by atoms with E-state index in [1.165, 1.54) is 12.8 Å². The Morgan fingerprint density at radius 2 is 2.20 bits per heavy atom. The molecule has 114 valence electrons. The number of nitrogens with zero attached hydrogens (tertiary/aromatic N) is 3. The first-order chi connectivity index (χ1) is 9.65. The summed E-state index contributed by atoms with van der Waals surface area (Å²) < 4.78 is 8.00. The van der Waals surface area contributed by atoms with Gasteiger partial charge in [-0.2, -0.15) is 5.10 Å². The molecule has 0 spiro atoms. The monoisotopic (exact) mass is 280 g/mol. The van der Waals surface area contributed by atoms with Crippen molar-refractivity contribution in [1.29, 1.82) is 0 Å². The summed E-state index contributed by atoms with van der Waals surface area (Å²) in [6.07, 6.45) is 5.43. The number of rotatable bonds is 9. The van der Waals surface area contributed by atoms with Crippen LogP contribution in [-0.4, -0.2) is 40.6 Å². The molecule has 1 aromatic heterocycles. The molecular formula is C15H28N4O. The summed E-state index contributed by atoms with van der Waals surface area (Å²) in [6.45, 7) is 8.18. The van der Waals surface area contributed by atoms with Crippen LogP contribution in [0.15, 0.2) is 6.33 Å². The molecule has 0 saturated heterocycles. The molecule has 5 heteroatoms. The Hall–Kier alpha value is -0.940. The number of nitrogens with one attached hydrogen (secondary N) is 1. The summed E-state index contributed by atoms with van der Waals surface area (Å²) in [5, 5.41) is 7.77. The molecule has 1 aromatic rings. The van der Waals surface area contributed by atoms with Crippen molar-refractivity contribution < 1.29 is 4.74 Å². The van der Waals surface area contributed by atoms with E-state index >= 15 is 0 Å². The van der Waals surface area contributed by atoms with Gasteiger partial charge in [0.1, 0.15) is 12.2 Å². The number of hydrogen-bond donors (Lipinski definition) is 1. The van der Waals surface area contributed by atoms with Crippen molar-refractivity contribution in [2.24, 2.45) is 11.8 Å². The van der Waals surface area contributed by atoms with Crippen LogP contribution in [0.1, 0.15) is 39.4 Å². The minimum Gasteiger partial charge on any atom is -0.377 e. The van der Waals surface area contributed by atoms with E-state index in [9.17, 15) is 0 Å². The molecule has 1 saturated carbocycles. The van der Waals surface area contributed by atoms with Gasteiger partial charge < -0.3 is 10.1 Å². The highest BCUT2D eigenvalue weighted by atomic mass is 16.5. The second-order valence-corrected chi connectivity index (χ2v) is 6.11. The molecule has 1 aliphatic rings. The maximum absolute atomic E-state index is 5.97. The summed E-state index contributed by atoms with van der Waals surface area (Å²) in [5.41, 5.74) is 0. The molecular weight excluding hydrogens is 252 g/mol. The molecule has 0 bridgehead atoms. The Morgan fingerprint density at radius 1 is 1.45 bits per heavy atom. The van der Waals surface area contributed by atoms with E-state index in [1.807, 2.05) is 11.7 Å². The van der Waals surface area contributed by atoms with Gasteiger partial charge in [-0.1, -0.05) is 13.8 Å². The van der Waals surface area contributed by atoms with Gasteiger partial charge in [0.2, 0.25) is 0 Å². The average molecular weight is 280 g/mol. The van der Waals surface area contributed by atoms with Crippen molar-refractivity contribution >= 4 is 0 Å². The zero-order chi connectivity index (χ0) is 14.5. The molecule has 0 amide bonds. The lowest BCUT2D eigenvalue weighted by molar-refractivity contribution is 0.0203. The van der Waals surface area contributed by atoms with Crippen LogP contribution >= 0.6 is 0 Å². The first-order valence-corrected chi connectivity index (χ1v) is 7.81. The maximum atomic E-state index is 5.97. The Kier molecular flexibility index (Phi) is 5.54.